The van der Waals surface area contributed by atoms with E-state index in [0.29, 0.717) is 5.69 Å². The number of hydrogen-bond donors (Lipinski definition) is 0. The van der Waals surface area contributed by atoms with Gasteiger partial charge in [0.2, 0.25) is 0 Å². The molecule has 0 radical (unpaired) electrons. The maximum atomic E-state index is 12.9. The summed E-state index contributed by atoms with van der Waals surface area (Å²) in [5, 5.41) is 4.80. The Morgan fingerprint density at radius 2 is 2.17 bits per heavy atom. The number of aromatic nitrogens is 2. The second-order valence-electron chi connectivity index (χ2n) is 5.43. The van der Waals surface area contributed by atoms with Gasteiger partial charge >= 0.3 is 0 Å². The lowest BCUT2D eigenvalue weighted by Gasteiger charge is -2.23. The first-order chi connectivity index (χ1) is 11.3. The molecule has 116 valence electrons. The predicted molar refractivity (Wildman–Crippen MR) is 92.7 cm³/mol. The molecule has 23 heavy (non-hydrogen) atoms. The Morgan fingerprint density at radius 1 is 1.22 bits per heavy atom. The molecule has 1 saturated heterocycles. The van der Waals surface area contributed by atoms with E-state index in [2.05, 4.69) is 9.97 Å². The number of carbonyl (C=O) groups excluding carboxylic acids is 1. The van der Waals surface area contributed by atoms with Gasteiger partial charge in [0.25, 0.3) is 5.91 Å². The standard InChI is InChI=1S/C17H15N3OS2/c21-17(13-11-23-16(19-13)15-7-4-10-22-15)20-9-3-6-14(20)12-5-1-2-8-18-12/h1-2,4-5,7-8,10-11,14H,3,6,9H2. The van der Waals surface area contributed by atoms with Crippen LogP contribution in [0.2, 0.25) is 0 Å². The molecule has 1 amide bonds. The molecule has 1 unspecified atom stereocenters. The third-order valence-corrected chi connectivity index (χ3v) is 5.88. The minimum Gasteiger partial charge on any atom is -0.329 e. The van der Waals surface area contributed by atoms with Crippen LogP contribution in [0.1, 0.15) is 35.1 Å². The first-order valence-electron chi connectivity index (χ1n) is 7.54. The van der Waals surface area contributed by atoms with Crippen LogP contribution in [0.25, 0.3) is 9.88 Å². The van der Waals surface area contributed by atoms with Gasteiger partial charge in [-0.05, 0) is 36.4 Å². The maximum Gasteiger partial charge on any atom is 0.273 e. The van der Waals surface area contributed by atoms with Crippen molar-refractivity contribution in [1.82, 2.24) is 14.9 Å². The van der Waals surface area contributed by atoms with Crippen molar-refractivity contribution in [1.29, 1.82) is 0 Å². The molecule has 6 heteroatoms. The van der Waals surface area contributed by atoms with Gasteiger partial charge in [-0.15, -0.1) is 22.7 Å². The SMILES string of the molecule is O=C(c1csc(-c2cccs2)n1)N1CCCC1c1ccccn1. The molecule has 1 aliphatic rings. The summed E-state index contributed by atoms with van der Waals surface area (Å²) in [6.07, 6.45) is 3.76. The number of nitrogens with zero attached hydrogens (tertiary/aromatic N) is 3. The molecule has 0 aromatic carbocycles. The number of likely N-dealkylation sites (tertiary alicyclic amines) is 1. The molecule has 1 atom stereocenters. The highest BCUT2D eigenvalue weighted by atomic mass is 32.1. The molecule has 3 aromatic rings. The average Bonchev–Trinajstić information content (AvgIpc) is 3.35. The zero-order valence-corrected chi connectivity index (χ0v) is 14.0. The van der Waals surface area contributed by atoms with Crippen LogP contribution in [0, 0.1) is 0 Å². The number of thiazole rings is 1. The summed E-state index contributed by atoms with van der Waals surface area (Å²) in [4.78, 5) is 24.8. The average molecular weight is 341 g/mol. The molecule has 4 heterocycles. The van der Waals surface area contributed by atoms with E-state index >= 15 is 0 Å². The highest BCUT2D eigenvalue weighted by Crippen LogP contribution is 2.33. The fourth-order valence-electron chi connectivity index (χ4n) is 2.92. The van der Waals surface area contributed by atoms with E-state index in [1.54, 1.807) is 17.5 Å². The summed E-state index contributed by atoms with van der Waals surface area (Å²) in [6.45, 7) is 0.770. The fourth-order valence-corrected chi connectivity index (χ4v) is 4.53. The molecule has 3 aromatic heterocycles. The van der Waals surface area contributed by atoms with E-state index in [0.717, 1.165) is 35.0 Å². The second-order valence-corrected chi connectivity index (χ2v) is 7.23. The van der Waals surface area contributed by atoms with Crippen molar-refractivity contribution in [2.45, 2.75) is 18.9 Å². The highest BCUT2D eigenvalue weighted by molar-refractivity contribution is 7.20. The summed E-state index contributed by atoms with van der Waals surface area (Å²) in [5.41, 5.74) is 1.51. The van der Waals surface area contributed by atoms with Gasteiger partial charge < -0.3 is 4.90 Å². The summed E-state index contributed by atoms with van der Waals surface area (Å²) in [6, 6.07) is 9.97. The molecule has 1 fully saturated rings. The molecule has 0 bridgehead atoms. The van der Waals surface area contributed by atoms with Gasteiger partial charge in [0.1, 0.15) is 10.7 Å². The lowest BCUT2D eigenvalue weighted by atomic mass is 10.1. The Labute approximate surface area is 142 Å². The number of thiophene rings is 1. The molecular weight excluding hydrogens is 326 g/mol. The Morgan fingerprint density at radius 3 is 2.96 bits per heavy atom. The van der Waals surface area contributed by atoms with Crippen LogP contribution in [0.4, 0.5) is 0 Å². The van der Waals surface area contributed by atoms with Gasteiger partial charge in [-0.25, -0.2) is 4.98 Å². The summed E-state index contributed by atoms with van der Waals surface area (Å²) >= 11 is 3.17. The van der Waals surface area contributed by atoms with Crippen LogP contribution in [-0.4, -0.2) is 27.3 Å². The van der Waals surface area contributed by atoms with Crippen LogP contribution in [0.5, 0.6) is 0 Å². The Bertz CT molecular complexity index is 798. The first kappa shape index (κ1) is 14.5. The van der Waals surface area contributed by atoms with Crippen LogP contribution in [0.3, 0.4) is 0 Å². The van der Waals surface area contributed by atoms with Crippen LogP contribution in [-0.2, 0) is 0 Å². The predicted octanol–water partition coefficient (Wildman–Crippen LogP) is 4.24. The lowest BCUT2D eigenvalue weighted by molar-refractivity contribution is 0.0728. The number of pyridine rings is 1. The quantitative estimate of drug-likeness (QED) is 0.716. The molecule has 0 saturated carbocycles. The van der Waals surface area contributed by atoms with Crippen molar-refractivity contribution >= 4 is 28.6 Å². The van der Waals surface area contributed by atoms with E-state index in [4.69, 9.17) is 0 Å². The molecular formula is C17H15N3OS2. The zero-order chi connectivity index (χ0) is 15.6. The Hall–Kier alpha value is -2.05. The van der Waals surface area contributed by atoms with Crippen LogP contribution < -0.4 is 0 Å². The first-order valence-corrected chi connectivity index (χ1v) is 9.30. The number of amides is 1. The van der Waals surface area contributed by atoms with Crippen molar-refractivity contribution in [2.24, 2.45) is 0 Å². The van der Waals surface area contributed by atoms with Gasteiger partial charge in [0.05, 0.1) is 16.6 Å². The molecule has 0 aliphatic carbocycles. The molecule has 4 nitrogen and oxygen atoms in total. The van der Waals surface area contributed by atoms with Gasteiger partial charge in [-0.2, -0.15) is 0 Å². The van der Waals surface area contributed by atoms with Crippen molar-refractivity contribution in [3.8, 4) is 9.88 Å². The third kappa shape index (κ3) is 2.80. The minimum absolute atomic E-state index is 0.0113. The highest BCUT2D eigenvalue weighted by Gasteiger charge is 2.32. The van der Waals surface area contributed by atoms with Crippen molar-refractivity contribution in [3.05, 3.63) is 58.7 Å². The molecule has 1 aliphatic heterocycles. The monoisotopic (exact) mass is 341 g/mol. The largest absolute Gasteiger partial charge is 0.329 e. The van der Waals surface area contributed by atoms with E-state index < -0.39 is 0 Å². The van der Waals surface area contributed by atoms with Gasteiger partial charge in [-0.1, -0.05) is 12.1 Å². The Balaban J connectivity index is 1.59. The van der Waals surface area contributed by atoms with E-state index in [-0.39, 0.29) is 11.9 Å². The zero-order valence-electron chi connectivity index (χ0n) is 12.4. The van der Waals surface area contributed by atoms with Gasteiger partial charge in [-0.3, -0.25) is 9.78 Å². The van der Waals surface area contributed by atoms with Gasteiger partial charge in [0.15, 0.2) is 0 Å². The number of hydrogen-bond acceptors (Lipinski definition) is 5. The lowest BCUT2D eigenvalue weighted by Crippen LogP contribution is -2.31. The number of carbonyl (C=O) groups is 1. The van der Waals surface area contributed by atoms with Gasteiger partial charge in [0, 0.05) is 18.1 Å². The minimum atomic E-state index is 0.0113. The summed E-state index contributed by atoms with van der Waals surface area (Å²) in [7, 11) is 0. The summed E-state index contributed by atoms with van der Waals surface area (Å²) in [5.74, 6) is 0.0113. The van der Waals surface area contributed by atoms with Crippen molar-refractivity contribution in [2.75, 3.05) is 6.54 Å². The van der Waals surface area contributed by atoms with Crippen LogP contribution >= 0.6 is 22.7 Å². The molecule has 4 rings (SSSR count). The Kier molecular flexibility index (Phi) is 3.93. The number of rotatable bonds is 3. The third-order valence-electron chi connectivity index (χ3n) is 4.00. The van der Waals surface area contributed by atoms with Crippen molar-refractivity contribution < 1.29 is 4.79 Å². The smallest absolute Gasteiger partial charge is 0.273 e. The second kappa shape index (κ2) is 6.22. The summed E-state index contributed by atoms with van der Waals surface area (Å²) < 4.78 is 0. The molecule has 0 N–H and O–H groups in total. The van der Waals surface area contributed by atoms with E-state index in [1.165, 1.54) is 11.3 Å². The molecule has 0 spiro atoms. The topological polar surface area (TPSA) is 46.1 Å². The van der Waals surface area contributed by atoms with E-state index in [9.17, 15) is 4.79 Å². The fraction of sp³-hybridized carbons (Fsp3) is 0.235. The maximum absolute atomic E-state index is 12.9. The van der Waals surface area contributed by atoms with Crippen LogP contribution in [0.15, 0.2) is 47.3 Å². The van der Waals surface area contributed by atoms with Crippen molar-refractivity contribution in [3.63, 3.8) is 0 Å². The van der Waals surface area contributed by atoms with E-state index in [1.807, 2.05) is 46.0 Å². The normalized spacial score (nSPS) is 17.6.